The summed E-state index contributed by atoms with van der Waals surface area (Å²) in [6.07, 6.45) is 0. The SMILES string of the molecule is Cn1[nH]c(=O)c2c1NC1=C(C(=O)OC1)C2c1ccc(F)c(Br)c1. The highest BCUT2D eigenvalue weighted by molar-refractivity contribution is 9.10. The Morgan fingerprint density at radius 1 is 1.39 bits per heavy atom. The third kappa shape index (κ3) is 1.98. The quantitative estimate of drug-likeness (QED) is 0.742. The molecule has 1 aromatic carbocycles. The van der Waals surface area contributed by atoms with Crippen LogP contribution in [-0.2, 0) is 16.6 Å². The van der Waals surface area contributed by atoms with Crippen LogP contribution in [0.15, 0.2) is 38.7 Å². The summed E-state index contributed by atoms with van der Waals surface area (Å²) in [6.45, 7) is 0.131. The molecule has 0 aliphatic carbocycles. The van der Waals surface area contributed by atoms with Gasteiger partial charge in [0, 0.05) is 7.05 Å². The van der Waals surface area contributed by atoms with Gasteiger partial charge in [0.25, 0.3) is 5.56 Å². The maximum Gasteiger partial charge on any atom is 0.337 e. The molecule has 2 aliphatic rings. The smallest absolute Gasteiger partial charge is 0.337 e. The summed E-state index contributed by atoms with van der Waals surface area (Å²) in [5, 5.41) is 5.77. The van der Waals surface area contributed by atoms with Crippen molar-refractivity contribution in [2.45, 2.75) is 5.92 Å². The first-order chi connectivity index (χ1) is 11.0. The van der Waals surface area contributed by atoms with Gasteiger partial charge in [-0.25, -0.2) is 9.18 Å². The molecule has 2 aromatic rings. The lowest BCUT2D eigenvalue weighted by Gasteiger charge is -2.24. The van der Waals surface area contributed by atoms with Crippen LogP contribution in [0.3, 0.4) is 0 Å². The number of nitrogens with one attached hydrogen (secondary N) is 2. The number of hydrogen-bond acceptors (Lipinski definition) is 4. The van der Waals surface area contributed by atoms with Crippen molar-refractivity contribution in [3.63, 3.8) is 0 Å². The first-order valence-electron chi connectivity index (χ1n) is 6.88. The second kappa shape index (κ2) is 4.82. The zero-order valence-corrected chi connectivity index (χ0v) is 13.5. The lowest BCUT2D eigenvalue weighted by molar-refractivity contribution is -0.136. The maximum absolute atomic E-state index is 13.6. The van der Waals surface area contributed by atoms with Gasteiger partial charge in [-0.05, 0) is 33.6 Å². The van der Waals surface area contributed by atoms with E-state index in [0.29, 0.717) is 28.2 Å². The number of cyclic esters (lactones) is 1. The van der Waals surface area contributed by atoms with Gasteiger partial charge in [-0.3, -0.25) is 14.6 Å². The van der Waals surface area contributed by atoms with Crippen LogP contribution in [0.4, 0.5) is 10.2 Å². The highest BCUT2D eigenvalue weighted by Crippen LogP contribution is 2.43. The highest BCUT2D eigenvalue weighted by Gasteiger charge is 2.41. The monoisotopic (exact) mass is 379 g/mol. The van der Waals surface area contributed by atoms with Crippen LogP contribution < -0.4 is 10.9 Å². The van der Waals surface area contributed by atoms with Gasteiger partial charge in [0.2, 0.25) is 0 Å². The predicted octanol–water partition coefficient (Wildman–Crippen LogP) is 1.98. The maximum atomic E-state index is 13.6. The molecule has 0 spiro atoms. The molecule has 0 fully saturated rings. The molecule has 1 atom stereocenters. The molecule has 0 saturated heterocycles. The number of carbonyl (C=O) groups excluding carboxylic acids is 1. The Balaban J connectivity index is 2.00. The zero-order valence-electron chi connectivity index (χ0n) is 11.9. The Kier molecular flexibility index (Phi) is 2.99. The van der Waals surface area contributed by atoms with Crippen molar-refractivity contribution < 1.29 is 13.9 Å². The molecule has 4 rings (SSSR count). The van der Waals surface area contributed by atoms with E-state index in [2.05, 4.69) is 26.3 Å². The third-order valence-corrected chi connectivity index (χ3v) is 4.73. The number of aryl methyl sites for hydroxylation is 1. The van der Waals surface area contributed by atoms with E-state index in [1.807, 2.05) is 0 Å². The van der Waals surface area contributed by atoms with Crippen LogP contribution >= 0.6 is 15.9 Å². The number of nitrogens with zero attached hydrogens (tertiary/aromatic N) is 1. The lowest BCUT2D eigenvalue weighted by atomic mass is 9.83. The molecule has 1 aromatic heterocycles. The van der Waals surface area contributed by atoms with E-state index >= 15 is 0 Å². The van der Waals surface area contributed by atoms with Gasteiger partial charge in [-0.1, -0.05) is 6.07 Å². The molecular formula is C15H11BrFN3O3. The first kappa shape index (κ1) is 14.3. The van der Waals surface area contributed by atoms with E-state index in [1.165, 1.54) is 6.07 Å². The number of esters is 1. The first-order valence-corrected chi connectivity index (χ1v) is 7.67. The lowest BCUT2D eigenvalue weighted by Crippen LogP contribution is -2.24. The van der Waals surface area contributed by atoms with Crippen LogP contribution in [0.2, 0.25) is 0 Å². The average Bonchev–Trinajstić information content (AvgIpc) is 3.02. The molecule has 6 nitrogen and oxygen atoms in total. The van der Waals surface area contributed by atoms with Crippen molar-refractivity contribution in [3.8, 4) is 0 Å². The van der Waals surface area contributed by atoms with E-state index in [4.69, 9.17) is 4.74 Å². The largest absolute Gasteiger partial charge is 0.456 e. The number of aromatic amines is 1. The fourth-order valence-electron chi connectivity index (χ4n) is 3.10. The van der Waals surface area contributed by atoms with Gasteiger partial charge < -0.3 is 10.1 Å². The van der Waals surface area contributed by atoms with Gasteiger partial charge in [0.15, 0.2) is 0 Å². The molecule has 1 unspecified atom stereocenters. The number of ether oxygens (including phenoxy) is 1. The molecule has 23 heavy (non-hydrogen) atoms. The number of halogens is 2. The van der Waals surface area contributed by atoms with Gasteiger partial charge in [-0.15, -0.1) is 0 Å². The molecule has 0 radical (unpaired) electrons. The Labute approximate surface area is 138 Å². The van der Waals surface area contributed by atoms with Gasteiger partial charge >= 0.3 is 5.97 Å². The fourth-order valence-corrected chi connectivity index (χ4v) is 3.50. The number of anilines is 1. The van der Waals surface area contributed by atoms with Gasteiger partial charge in [0.05, 0.1) is 27.2 Å². The van der Waals surface area contributed by atoms with Crippen LogP contribution in [0.1, 0.15) is 17.0 Å². The summed E-state index contributed by atoms with van der Waals surface area (Å²) in [7, 11) is 1.70. The van der Waals surface area contributed by atoms with Gasteiger partial charge in [0.1, 0.15) is 18.2 Å². The zero-order chi connectivity index (χ0) is 16.3. The molecule has 0 saturated carbocycles. The minimum Gasteiger partial charge on any atom is -0.456 e. The van der Waals surface area contributed by atoms with E-state index in [9.17, 15) is 14.0 Å². The minimum absolute atomic E-state index is 0.131. The van der Waals surface area contributed by atoms with E-state index < -0.39 is 17.7 Å². The fraction of sp³-hybridized carbons (Fsp3) is 0.200. The standard InChI is InChI=1S/C15H11BrFN3O3/c1-20-13-12(14(21)19-20)10(6-2-3-8(17)7(16)4-6)11-9(18-13)5-23-15(11)22/h2-4,10,18H,5H2,1H3,(H,19,21). The summed E-state index contributed by atoms with van der Waals surface area (Å²) in [4.78, 5) is 24.5. The number of rotatable bonds is 1. The summed E-state index contributed by atoms with van der Waals surface area (Å²) < 4.78 is 20.5. The second-order valence-electron chi connectivity index (χ2n) is 5.46. The van der Waals surface area contributed by atoms with Crippen LogP contribution in [0, 0.1) is 5.82 Å². The molecule has 8 heteroatoms. The van der Waals surface area contributed by atoms with Crippen LogP contribution in [-0.4, -0.2) is 22.4 Å². The van der Waals surface area contributed by atoms with Crippen LogP contribution in [0.5, 0.6) is 0 Å². The predicted molar refractivity (Wildman–Crippen MR) is 83.6 cm³/mol. The highest BCUT2D eigenvalue weighted by atomic mass is 79.9. The average molecular weight is 380 g/mol. The van der Waals surface area contributed by atoms with Crippen molar-refractivity contribution in [2.24, 2.45) is 7.05 Å². The third-order valence-electron chi connectivity index (χ3n) is 4.12. The minimum atomic E-state index is -0.599. The van der Waals surface area contributed by atoms with Gasteiger partial charge in [-0.2, -0.15) is 0 Å². The van der Waals surface area contributed by atoms with Crippen molar-refractivity contribution in [3.05, 3.63) is 61.2 Å². The number of benzene rings is 1. The Bertz CT molecular complexity index is 944. The summed E-state index contributed by atoms with van der Waals surface area (Å²) >= 11 is 3.15. The molecular weight excluding hydrogens is 369 g/mol. The summed E-state index contributed by atoms with van der Waals surface area (Å²) in [6, 6.07) is 4.46. The van der Waals surface area contributed by atoms with Crippen molar-refractivity contribution in [1.29, 1.82) is 0 Å². The molecule has 0 amide bonds. The topological polar surface area (TPSA) is 76.1 Å². The number of aromatic nitrogens is 2. The number of H-pyrrole nitrogens is 1. The van der Waals surface area contributed by atoms with E-state index in [-0.39, 0.29) is 16.6 Å². The molecule has 2 aliphatic heterocycles. The Morgan fingerprint density at radius 3 is 2.91 bits per heavy atom. The van der Waals surface area contributed by atoms with Crippen molar-refractivity contribution in [2.75, 3.05) is 11.9 Å². The number of fused-ring (bicyclic) bond motifs is 1. The van der Waals surface area contributed by atoms with E-state index in [1.54, 1.807) is 23.9 Å². The number of hydrogen-bond donors (Lipinski definition) is 2. The summed E-state index contributed by atoms with van der Waals surface area (Å²) in [5.74, 6) is -0.893. The van der Waals surface area contributed by atoms with Crippen molar-refractivity contribution in [1.82, 2.24) is 9.78 Å². The Hall–Kier alpha value is -2.35. The molecule has 3 heterocycles. The number of carbonyl (C=O) groups is 1. The summed E-state index contributed by atoms with van der Waals surface area (Å²) in [5.41, 5.74) is 1.79. The molecule has 118 valence electrons. The molecule has 2 N–H and O–H groups in total. The van der Waals surface area contributed by atoms with Crippen LogP contribution in [0.25, 0.3) is 0 Å². The second-order valence-corrected chi connectivity index (χ2v) is 6.32. The molecule has 0 bridgehead atoms. The van der Waals surface area contributed by atoms with E-state index in [0.717, 1.165) is 0 Å². The normalized spacial score (nSPS) is 19.3. The Morgan fingerprint density at radius 2 is 2.17 bits per heavy atom. The van der Waals surface area contributed by atoms with Crippen molar-refractivity contribution >= 4 is 27.7 Å².